The summed E-state index contributed by atoms with van der Waals surface area (Å²) in [5, 5.41) is 0. The minimum atomic E-state index is -3.72. The van der Waals surface area contributed by atoms with Gasteiger partial charge >= 0.3 is 0 Å². The van der Waals surface area contributed by atoms with Crippen molar-refractivity contribution in [2.24, 2.45) is 0 Å². The van der Waals surface area contributed by atoms with E-state index in [4.69, 9.17) is 0 Å². The number of benzene rings is 2. The van der Waals surface area contributed by atoms with Gasteiger partial charge in [-0.15, -0.1) is 0 Å². The monoisotopic (exact) mass is 450 g/mol. The average molecular weight is 451 g/mol. The van der Waals surface area contributed by atoms with Crippen LogP contribution in [-0.4, -0.2) is 37.8 Å². The van der Waals surface area contributed by atoms with Crippen molar-refractivity contribution < 1.29 is 13.2 Å². The van der Waals surface area contributed by atoms with Crippen molar-refractivity contribution in [1.82, 2.24) is 4.31 Å². The molecule has 1 amide bonds. The van der Waals surface area contributed by atoms with Crippen molar-refractivity contribution in [2.45, 2.75) is 38.1 Å². The van der Waals surface area contributed by atoms with E-state index >= 15 is 0 Å². The Bertz CT molecular complexity index is 958. The predicted molar refractivity (Wildman–Crippen MR) is 110 cm³/mol. The van der Waals surface area contributed by atoms with Gasteiger partial charge in [0, 0.05) is 22.7 Å². The van der Waals surface area contributed by atoms with Gasteiger partial charge in [0.1, 0.15) is 0 Å². The zero-order chi connectivity index (χ0) is 19.8. The van der Waals surface area contributed by atoms with Crippen LogP contribution in [0.4, 0.5) is 5.69 Å². The molecule has 2 aromatic carbocycles. The van der Waals surface area contributed by atoms with Gasteiger partial charge in [0.2, 0.25) is 15.9 Å². The van der Waals surface area contributed by atoms with E-state index in [9.17, 15) is 13.2 Å². The number of anilines is 1. The summed E-state index contributed by atoms with van der Waals surface area (Å²) in [6.07, 6.45) is 0.761. The minimum absolute atomic E-state index is 0.00239. The lowest BCUT2D eigenvalue weighted by molar-refractivity contribution is -0.119. The van der Waals surface area contributed by atoms with Gasteiger partial charge in [0.15, 0.2) is 0 Å². The van der Waals surface area contributed by atoms with Crippen LogP contribution < -0.4 is 4.90 Å². The molecule has 1 heterocycles. The molecule has 0 saturated heterocycles. The molecule has 2 aromatic rings. The number of hydrogen-bond donors (Lipinski definition) is 0. The topological polar surface area (TPSA) is 57.7 Å². The summed E-state index contributed by atoms with van der Waals surface area (Å²) in [6.45, 7) is 5.69. The van der Waals surface area contributed by atoms with E-state index in [0.717, 1.165) is 27.7 Å². The minimum Gasteiger partial charge on any atom is -0.308 e. The molecule has 5 nitrogen and oxygen atoms in total. The van der Waals surface area contributed by atoms with Crippen LogP contribution in [0.3, 0.4) is 0 Å². The molecular weight excluding hydrogens is 428 g/mol. The van der Waals surface area contributed by atoms with Crippen LogP contribution in [0.1, 0.15) is 25.0 Å². The van der Waals surface area contributed by atoms with E-state index in [-0.39, 0.29) is 29.9 Å². The first kappa shape index (κ1) is 20.0. The van der Waals surface area contributed by atoms with Crippen LogP contribution in [0.25, 0.3) is 0 Å². The molecule has 0 N–H and O–H groups in total. The Morgan fingerprint density at radius 1 is 1.22 bits per heavy atom. The molecule has 1 unspecified atom stereocenters. The Morgan fingerprint density at radius 2 is 1.89 bits per heavy atom. The molecule has 0 aliphatic carbocycles. The summed E-state index contributed by atoms with van der Waals surface area (Å²) < 4.78 is 28.1. The quantitative estimate of drug-likeness (QED) is 0.696. The van der Waals surface area contributed by atoms with Crippen molar-refractivity contribution in [3.63, 3.8) is 0 Å². The number of hydrogen-bond acceptors (Lipinski definition) is 3. The standard InChI is InChI=1S/C20H23BrN2O3S/c1-4-22(27(25,26)18-8-5-14(2)6-9-18)13-20(24)23-15(3)11-16-12-17(21)7-10-19(16)23/h5-10,12,15H,4,11,13H2,1-3H3. The number of rotatable bonds is 5. The van der Waals surface area contributed by atoms with Gasteiger partial charge in [-0.25, -0.2) is 8.42 Å². The highest BCUT2D eigenvalue weighted by Gasteiger charge is 2.34. The number of carbonyl (C=O) groups is 1. The number of aryl methyl sites for hydroxylation is 1. The second-order valence-electron chi connectivity index (χ2n) is 6.83. The first-order chi connectivity index (χ1) is 12.7. The zero-order valence-corrected chi connectivity index (χ0v) is 18.0. The molecule has 0 saturated carbocycles. The maximum atomic E-state index is 13.0. The highest BCUT2D eigenvalue weighted by molar-refractivity contribution is 9.10. The lowest BCUT2D eigenvalue weighted by Gasteiger charge is -2.27. The molecule has 0 bridgehead atoms. The summed E-state index contributed by atoms with van der Waals surface area (Å²) in [5.74, 6) is -0.207. The van der Waals surface area contributed by atoms with Crippen LogP contribution in [-0.2, 0) is 21.2 Å². The third-order valence-corrected chi connectivity index (χ3v) is 7.28. The fourth-order valence-electron chi connectivity index (χ4n) is 3.43. The molecule has 1 atom stereocenters. The van der Waals surface area contributed by atoms with Crippen molar-refractivity contribution in [3.05, 3.63) is 58.1 Å². The first-order valence-electron chi connectivity index (χ1n) is 8.91. The van der Waals surface area contributed by atoms with Crippen LogP contribution in [0.5, 0.6) is 0 Å². The Balaban J connectivity index is 1.85. The number of fused-ring (bicyclic) bond motifs is 1. The molecule has 27 heavy (non-hydrogen) atoms. The van der Waals surface area contributed by atoms with Crippen molar-refractivity contribution in [2.75, 3.05) is 18.0 Å². The van der Waals surface area contributed by atoms with E-state index in [0.29, 0.717) is 0 Å². The van der Waals surface area contributed by atoms with Crippen molar-refractivity contribution in [3.8, 4) is 0 Å². The number of amides is 1. The average Bonchev–Trinajstić information content (AvgIpc) is 2.94. The van der Waals surface area contributed by atoms with E-state index < -0.39 is 10.0 Å². The Hall–Kier alpha value is -1.70. The van der Waals surface area contributed by atoms with Gasteiger partial charge in [0.05, 0.1) is 11.4 Å². The number of likely N-dealkylation sites (N-methyl/N-ethyl adjacent to an activating group) is 1. The molecule has 1 aliphatic rings. The van der Waals surface area contributed by atoms with Gasteiger partial charge in [-0.1, -0.05) is 40.5 Å². The summed E-state index contributed by atoms with van der Waals surface area (Å²) in [4.78, 5) is 14.9. The van der Waals surface area contributed by atoms with Gasteiger partial charge < -0.3 is 4.90 Å². The number of carbonyl (C=O) groups excluding carboxylic acids is 1. The van der Waals surface area contributed by atoms with E-state index in [1.54, 1.807) is 36.1 Å². The highest BCUT2D eigenvalue weighted by atomic mass is 79.9. The van der Waals surface area contributed by atoms with Gasteiger partial charge in [-0.3, -0.25) is 4.79 Å². The summed E-state index contributed by atoms with van der Waals surface area (Å²) >= 11 is 3.46. The van der Waals surface area contributed by atoms with Gasteiger partial charge in [0.25, 0.3) is 0 Å². The second kappa shape index (κ2) is 7.73. The zero-order valence-electron chi connectivity index (χ0n) is 15.6. The van der Waals surface area contributed by atoms with E-state index in [1.807, 2.05) is 32.0 Å². The SMILES string of the molecule is CCN(CC(=O)N1c2ccc(Br)cc2CC1C)S(=O)(=O)c1ccc(C)cc1. The number of halogens is 1. The fourth-order valence-corrected chi connectivity index (χ4v) is 5.24. The van der Waals surface area contributed by atoms with Crippen LogP contribution >= 0.6 is 15.9 Å². The third-order valence-electron chi connectivity index (χ3n) is 4.85. The van der Waals surface area contributed by atoms with Gasteiger partial charge in [-0.2, -0.15) is 4.31 Å². The maximum absolute atomic E-state index is 13.0. The lowest BCUT2D eigenvalue weighted by Crippen LogP contribution is -2.45. The third kappa shape index (κ3) is 3.95. The molecular formula is C20H23BrN2O3S. The van der Waals surface area contributed by atoms with Crippen LogP contribution in [0, 0.1) is 6.92 Å². The van der Waals surface area contributed by atoms with Gasteiger partial charge in [-0.05, 0) is 56.2 Å². The second-order valence-corrected chi connectivity index (χ2v) is 9.69. The number of nitrogens with zero attached hydrogens (tertiary/aromatic N) is 2. The summed E-state index contributed by atoms with van der Waals surface area (Å²) in [6, 6.07) is 12.5. The largest absolute Gasteiger partial charge is 0.308 e. The summed E-state index contributed by atoms with van der Waals surface area (Å²) in [5.41, 5.74) is 2.94. The molecule has 0 aromatic heterocycles. The van der Waals surface area contributed by atoms with Crippen molar-refractivity contribution >= 4 is 37.5 Å². The molecule has 144 valence electrons. The normalized spacial score (nSPS) is 16.6. The predicted octanol–water partition coefficient (Wildman–Crippen LogP) is 3.75. The van der Waals surface area contributed by atoms with E-state index in [1.165, 1.54) is 4.31 Å². The Morgan fingerprint density at radius 3 is 2.52 bits per heavy atom. The molecule has 3 rings (SSSR count). The van der Waals surface area contributed by atoms with E-state index in [2.05, 4.69) is 15.9 Å². The Kier molecular flexibility index (Phi) is 5.74. The number of sulfonamides is 1. The molecule has 0 radical (unpaired) electrons. The molecule has 7 heteroatoms. The maximum Gasteiger partial charge on any atom is 0.243 e. The Labute approximate surface area is 169 Å². The molecule has 0 fully saturated rings. The highest BCUT2D eigenvalue weighted by Crippen LogP contribution is 2.34. The molecule has 0 spiro atoms. The smallest absolute Gasteiger partial charge is 0.243 e. The van der Waals surface area contributed by atoms with Crippen LogP contribution in [0.2, 0.25) is 0 Å². The van der Waals surface area contributed by atoms with Crippen molar-refractivity contribution in [1.29, 1.82) is 0 Å². The summed E-state index contributed by atoms with van der Waals surface area (Å²) in [7, 11) is -3.72. The van der Waals surface area contributed by atoms with Crippen LogP contribution in [0.15, 0.2) is 51.8 Å². The first-order valence-corrected chi connectivity index (χ1v) is 11.1. The lowest BCUT2D eigenvalue weighted by atomic mass is 10.1. The fraction of sp³-hybridized carbons (Fsp3) is 0.350. The molecule has 1 aliphatic heterocycles.